The third-order valence-electron chi connectivity index (χ3n) is 5.20. The molecule has 0 spiro atoms. The Labute approximate surface area is 178 Å². The van der Waals surface area contributed by atoms with Gasteiger partial charge in [0.15, 0.2) is 0 Å². The number of anilines is 1. The number of nitrogens with one attached hydrogen (secondary N) is 1. The zero-order chi connectivity index (χ0) is 22.4. The van der Waals surface area contributed by atoms with Crippen LogP contribution in [0.1, 0.15) is 17.5 Å². The average molecular weight is 435 g/mol. The average Bonchev–Trinajstić information content (AvgIpc) is 2.73. The largest absolute Gasteiger partial charge is 0.508 e. The van der Waals surface area contributed by atoms with Crippen molar-refractivity contribution in [1.82, 2.24) is 9.80 Å². The molecule has 0 saturated carbocycles. The molecular formula is C22H24F3N3O3. The Bertz CT molecular complexity index is 925. The summed E-state index contributed by atoms with van der Waals surface area (Å²) >= 11 is 0. The molecule has 3 rings (SSSR count). The molecule has 2 N–H and O–H groups in total. The highest BCUT2D eigenvalue weighted by Gasteiger charge is 2.33. The van der Waals surface area contributed by atoms with Crippen LogP contribution in [-0.2, 0) is 22.2 Å². The van der Waals surface area contributed by atoms with Crippen molar-refractivity contribution in [2.24, 2.45) is 0 Å². The molecule has 0 aromatic heterocycles. The third-order valence-corrected chi connectivity index (χ3v) is 5.20. The molecule has 31 heavy (non-hydrogen) atoms. The molecule has 2 amide bonds. The van der Waals surface area contributed by atoms with Crippen LogP contribution in [0.25, 0.3) is 0 Å². The van der Waals surface area contributed by atoms with Gasteiger partial charge >= 0.3 is 6.18 Å². The lowest BCUT2D eigenvalue weighted by atomic mass is 10.1. The lowest BCUT2D eigenvalue weighted by molar-refractivity contribution is -0.137. The first-order valence-electron chi connectivity index (χ1n) is 9.97. The standard InChI is InChI=1S/C22H24F3N3O3/c23-22(24,25)17-6-2-3-7-18(17)26-20(30)15-27-11-13-28(14-12-27)21(31)10-9-16-5-1-4-8-19(16)29/h1-8,29H,9-15H2,(H,26,30). The van der Waals surface area contributed by atoms with Crippen LogP contribution < -0.4 is 5.32 Å². The summed E-state index contributed by atoms with van der Waals surface area (Å²) in [5, 5.41) is 12.1. The van der Waals surface area contributed by atoms with E-state index in [0.29, 0.717) is 38.2 Å². The second-order valence-electron chi connectivity index (χ2n) is 7.38. The number of alkyl halides is 3. The minimum Gasteiger partial charge on any atom is -0.508 e. The molecule has 6 nitrogen and oxygen atoms in total. The van der Waals surface area contributed by atoms with Gasteiger partial charge in [-0.25, -0.2) is 0 Å². The third kappa shape index (κ3) is 6.21. The Morgan fingerprint density at radius 1 is 0.968 bits per heavy atom. The van der Waals surface area contributed by atoms with Gasteiger partial charge in [-0.15, -0.1) is 0 Å². The van der Waals surface area contributed by atoms with Gasteiger partial charge in [-0.2, -0.15) is 13.2 Å². The first kappa shape index (κ1) is 22.6. The highest BCUT2D eigenvalue weighted by molar-refractivity contribution is 5.93. The van der Waals surface area contributed by atoms with E-state index in [-0.39, 0.29) is 30.3 Å². The summed E-state index contributed by atoms with van der Waals surface area (Å²) in [5.74, 6) is -0.402. The predicted octanol–water partition coefficient (Wildman–Crippen LogP) is 3.13. The zero-order valence-corrected chi connectivity index (χ0v) is 16.9. The van der Waals surface area contributed by atoms with Crippen LogP contribution in [0.3, 0.4) is 0 Å². The number of phenolic OH excluding ortho intramolecular Hbond substituents is 1. The molecule has 0 atom stereocenters. The van der Waals surface area contributed by atoms with E-state index >= 15 is 0 Å². The van der Waals surface area contributed by atoms with Gasteiger partial charge in [-0.1, -0.05) is 30.3 Å². The normalized spacial score (nSPS) is 15.0. The Morgan fingerprint density at radius 2 is 1.61 bits per heavy atom. The molecule has 0 bridgehead atoms. The maximum Gasteiger partial charge on any atom is 0.418 e. The number of aryl methyl sites for hydroxylation is 1. The summed E-state index contributed by atoms with van der Waals surface area (Å²) in [6.07, 6.45) is -3.84. The number of benzene rings is 2. The Kier molecular flexibility index (Phi) is 7.17. The molecule has 0 aliphatic carbocycles. The first-order chi connectivity index (χ1) is 14.7. The zero-order valence-electron chi connectivity index (χ0n) is 16.9. The molecule has 2 aromatic rings. The molecule has 1 saturated heterocycles. The quantitative estimate of drug-likeness (QED) is 0.732. The minimum atomic E-state index is -4.55. The molecular weight excluding hydrogens is 411 g/mol. The fraction of sp³-hybridized carbons (Fsp3) is 0.364. The van der Waals surface area contributed by atoms with E-state index in [1.54, 1.807) is 34.1 Å². The molecule has 1 aliphatic heterocycles. The number of rotatable bonds is 6. The molecule has 0 radical (unpaired) electrons. The van der Waals surface area contributed by atoms with Gasteiger partial charge in [-0.3, -0.25) is 14.5 Å². The molecule has 0 unspecified atom stereocenters. The maximum absolute atomic E-state index is 13.1. The highest BCUT2D eigenvalue weighted by Crippen LogP contribution is 2.34. The number of hydrogen-bond donors (Lipinski definition) is 2. The van der Waals surface area contributed by atoms with Crippen molar-refractivity contribution in [3.8, 4) is 5.75 Å². The number of phenols is 1. The number of amides is 2. The van der Waals surface area contributed by atoms with Gasteiger partial charge in [-0.05, 0) is 30.2 Å². The van der Waals surface area contributed by atoms with E-state index < -0.39 is 17.6 Å². The van der Waals surface area contributed by atoms with E-state index in [0.717, 1.165) is 6.07 Å². The summed E-state index contributed by atoms with van der Waals surface area (Å²) in [7, 11) is 0. The summed E-state index contributed by atoms with van der Waals surface area (Å²) in [5.41, 5.74) is -0.438. The van der Waals surface area contributed by atoms with Crippen LogP contribution in [0.2, 0.25) is 0 Å². The van der Waals surface area contributed by atoms with Gasteiger partial charge in [0.1, 0.15) is 5.75 Å². The van der Waals surface area contributed by atoms with Crippen molar-refractivity contribution in [2.75, 3.05) is 38.0 Å². The van der Waals surface area contributed by atoms with Gasteiger partial charge in [0.2, 0.25) is 11.8 Å². The van der Waals surface area contributed by atoms with Crippen LogP contribution in [0.4, 0.5) is 18.9 Å². The topological polar surface area (TPSA) is 72.9 Å². The number of halogens is 3. The van der Waals surface area contributed by atoms with Gasteiger partial charge in [0, 0.05) is 32.6 Å². The van der Waals surface area contributed by atoms with Gasteiger partial charge in [0.05, 0.1) is 17.8 Å². The molecule has 9 heteroatoms. The Hall–Kier alpha value is -3.07. The van der Waals surface area contributed by atoms with Crippen molar-refractivity contribution >= 4 is 17.5 Å². The number of carbonyl (C=O) groups excluding carboxylic acids is 2. The van der Waals surface area contributed by atoms with Crippen molar-refractivity contribution in [2.45, 2.75) is 19.0 Å². The summed E-state index contributed by atoms with van der Waals surface area (Å²) in [6, 6.07) is 11.7. The van der Waals surface area contributed by atoms with Gasteiger partial charge in [0.25, 0.3) is 0 Å². The van der Waals surface area contributed by atoms with E-state index in [4.69, 9.17) is 0 Å². The fourth-order valence-corrected chi connectivity index (χ4v) is 3.51. The number of para-hydroxylation sites is 2. The van der Waals surface area contributed by atoms with E-state index in [2.05, 4.69) is 5.32 Å². The maximum atomic E-state index is 13.1. The van der Waals surface area contributed by atoms with Crippen molar-refractivity contribution in [3.63, 3.8) is 0 Å². The van der Waals surface area contributed by atoms with Crippen LogP contribution in [-0.4, -0.2) is 59.4 Å². The molecule has 2 aromatic carbocycles. The first-order valence-corrected chi connectivity index (χ1v) is 9.97. The van der Waals surface area contributed by atoms with Crippen molar-refractivity contribution in [3.05, 3.63) is 59.7 Å². The van der Waals surface area contributed by atoms with Gasteiger partial charge < -0.3 is 15.3 Å². The number of aromatic hydroxyl groups is 1. The number of carbonyl (C=O) groups is 2. The summed E-state index contributed by atoms with van der Waals surface area (Å²) < 4.78 is 39.2. The lowest BCUT2D eigenvalue weighted by Gasteiger charge is -2.34. The van der Waals surface area contributed by atoms with Crippen LogP contribution >= 0.6 is 0 Å². The second-order valence-corrected chi connectivity index (χ2v) is 7.38. The SMILES string of the molecule is O=C(CN1CCN(C(=O)CCc2ccccc2O)CC1)Nc1ccccc1C(F)(F)F. The van der Waals surface area contributed by atoms with E-state index in [1.165, 1.54) is 18.2 Å². The van der Waals surface area contributed by atoms with Crippen LogP contribution in [0, 0.1) is 0 Å². The van der Waals surface area contributed by atoms with Crippen LogP contribution in [0.5, 0.6) is 5.75 Å². The smallest absolute Gasteiger partial charge is 0.418 e. The summed E-state index contributed by atoms with van der Waals surface area (Å²) in [4.78, 5) is 28.2. The fourth-order valence-electron chi connectivity index (χ4n) is 3.51. The molecule has 166 valence electrons. The van der Waals surface area contributed by atoms with Crippen molar-refractivity contribution in [1.29, 1.82) is 0 Å². The Balaban J connectivity index is 1.45. The highest BCUT2D eigenvalue weighted by atomic mass is 19.4. The van der Waals surface area contributed by atoms with Crippen LogP contribution in [0.15, 0.2) is 48.5 Å². The minimum absolute atomic E-state index is 0.0357. The molecule has 1 aliphatic rings. The second kappa shape index (κ2) is 9.82. The predicted molar refractivity (Wildman–Crippen MR) is 110 cm³/mol. The molecule has 1 fully saturated rings. The Morgan fingerprint density at radius 3 is 2.29 bits per heavy atom. The summed E-state index contributed by atoms with van der Waals surface area (Å²) in [6.45, 7) is 1.73. The number of nitrogens with zero attached hydrogens (tertiary/aromatic N) is 2. The van der Waals surface area contributed by atoms with E-state index in [1.807, 2.05) is 0 Å². The lowest BCUT2D eigenvalue weighted by Crippen LogP contribution is -2.50. The number of piperazine rings is 1. The van der Waals surface area contributed by atoms with Crippen molar-refractivity contribution < 1.29 is 27.9 Å². The van der Waals surface area contributed by atoms with E-state index in [9.17, 15) is 27.9 Å². The monoisotopic (exact) mass is 435 g/mol. The number of hydrogen-bond acceptors (Lipinski definition) is 4. The molecule has 1 heterocycles.